The average molecular weight is 504 g/mol. The Kier molecular flexibility index (Phi) is 8.10. The molecule has 3 aromatic rings. The van der Waals surface area contributed by atoms with Crippen LogP contribution in [0.25, 0.3) is 5.69 Å². The number of anilines is 1. The minimum absolute atomic E-state index is 0.0713. The van der Waals surface area contributed by atoms with E-state index >= 15 is 0 Å². The van der Waals surface area contributed by atoms with Crippen molar-refractivity contribution >= 4 is 17.7 Å². The van der Waals surface area contributed by atoms with Crippen molar-refractivity contribution in [3.63, 3.8) is 0 Å². The predicted octanol–water partition coefficient (Wildman–Crippen LogP) is 4.13. The van der Waals surface area contributed by atoms with Crippen molar-refractivity contribution in [2.75, 3.05) is 12.4 Å². The minimum atomic E-state index is -5.33. The number of aryl methyl sites for hydroxylation is 1. The molecule has 1 N–H and O–H groups in total. The summed E-state index contributed by atoms with van der Waals surface area (Å²) >= 11 is 0. The molecule has 3 rings (SSSR count). The predicted molar refractivity (Wildman–Crippen MR) is 123 cm³/mol. The lowest BCUT2D eigenvalue weighted by Gasteiger charge is -2.20. The van der Waals surface area contributed by atoms with Crippen molar-refractivity contribution in [1.82, 2.24) is 14.8 Å². The van der Waals surface area contributed by atoms with Crippen LogP contribution in [0.5, 0.6) is 0 Å². The van der Waals surface area contributed by atoms with Gasteiger partial charge in [0.05, 0.1) is 18.8 Å². The third kappa shape index (κ3) is 5.89. The number of halogens is 3. The summed E-state index contributed by atoms with van der Waals surface area (Å²) in [5, 5.41) is 2.96. The van der Waals surface area contributed by atoms with Crippen LogP contribution in [0.1, 0.15) is 40.9 Å². The van der Waals surface area contributed by atoms with Crippen LogP contribution in [0, 0.1) is 6.92 Å². The van der Waals surface area contributed by atoms with Gasteiger partial charge in [0.15, 0.2) is 5.82 Å². The molecule has 0 saturated carbocycles. The van der Waals surface area contributed by atoms with E-state index in [1.807, 2.05) is 37.3 Å². The van der Waals surface area contributed by atoms with Crippen LogP contribution in [-0.4, -0.2) is 39.9 Å². The third-order valence-electron chi connectivity index (χ3n) is 5.21. The van der Waals surface area contributed by atoms with E-state index in [4.69, 9.17) is 0 Å². The summed E-state index contributed by atoms with van der Waals surface area (Å²) in [5.74, 6) is -3.75. The second-order valence-corrected chi connectivity index (χ2v) is 7.59. The van der Waals surface area contributed by atoms with Gasteiger partial charge in [-0.15, -0.1) is 0 Å². The minimum Gasteiger partial charge on any atom is -0.359 e. The van der Waals surface area contributed by atoms with Crippen LogP contribution in [0.15, 0.2) is 65.7 Å². The maximum absolute atomic E-state index is 13.3. The highest BCUT2D eigenvalue weighted by Crippen LogP contribution is 2.22. The van der Waals surface area contributed by atoms with Crippen molar-refractivity contribution in [3.8, 4) is 5.69 Å². The monoisotopic (exact) mass is 504 g/mol. The maximum atomic E-state index is 13.3. The van der Waals surface area contributed by atoms with Crippen LogP contribution in [0.2, 0.25) is 0 Å². The molecule has 0 spiro atoms. The fraction of sp³-hybridized carbons (Fsp3) is 0.250. The highest BCUT2D eigenvalue weighted by Gasteiger charge is 2.44. The molecule has 1 heterocycles. The van der Waals surface area contributed by atoms with Gasteiger partial charge in [0.25, 0.3) is 5.56 Å². The molecule has 1 amide bonds. The highest BCUT2D eigenvalue weighted by molar-refractivity contribution is 5.94. The molecule has 36 heavy (non-hydrogen) atoms. The number of carbonyl (C=O) groups excluding carboxylic acids is 2. The summed E-state index contributed by atoms with van der Waals surface area (Å²) in [5.41, 5.74) is 1.11. The number of nitrogens with one attached hydrogen (secondary N) is 1. The highest BCUT2D eigenvalue weighted by atomic mass is 19.4. The van der Waals surface area contributed by atoms with Crippen LogP contribution in [0.4, 0.5) is 19.0 Å². The molecule has 0 radical (unpaired) electrons. The molecule has 12 heteroatoms. The molecule has 0 aliphatic rings. The van der Waals surface area contributed by atoms with Gasteiger partial charge in [0.1, 0.15) is 0 Å². The summed E-state index contributed by atoms with van der Waals surface area (Å²) in [4.78, 5) is 49.7. The van der Waals surface area contributed by atoms with Gasteiger partial charge < -0.3 is 10.2 Å². The number of benzene rings is 2. The zero-order chi connectivity index (χ0) is 26.5. The Morgan fingerprint density at radius 3 is 2.47 bits per heavy atom. The first kappa shape index (κ1) is 26.4. The number of alkyl halides is 3. The molecule has 0 saturated heterocycles. The van der Waals surface area contributed by atoms with Gasteiger partial charge in [-0.2, -0.15) is 13.2 Å². The third-order valence-corrected chi connectivity index (χ3v) is 5.21. The molecule has 0 aliphatic heterocycles. The Morgan fingerprint density at radius 1 is 1.17 bits per heavy atom. The molecule has 0 fully saturated rings. The lowest BCUT2D eigenvalue weighted by molar-refractivity contribution is -0.313. The number of amides is 1. The summed E-state index contributed by atoms with van der Waals surface area (Å²) < 4.78 is 38.9. The van der Waals surface area contributed by atoms with Gasteiger partial charge in [0, 0.05) is 18.0 Å². The second-order valence-electron chi connectivity index (χ2n) is 7.59. The SMILES string of the molecule is CC[C@@H](Nc1nccn(-c2cc(C(=O)N(OC)OC(=O)C(F)(F)F)ccc2C)c1=O)c1ccccc1. The molecule has 1 aromatic heterocycles. The molecular weight excluding hydrogens is 481 g/mol. The van der Waals surface area contributed by atoms with Crippen LogP contribution >= 0.6 is 0 Å². The number of rotatable bonds is 7. The van der Waals surface area contributed by atoms with Crippen molar-refractivity contribution in [2.45, 2.75) is 32.5 Å². The Morgan fingerprint density at radius 2 is 1.86 bits per heavy atom. The molecular formula is C24H23F3N4O5. The van der Waals surface area contributed by atoms with Gasteiger partial charge >= 0.3 is 18.1 Å². The van der Waals surface area contributed by atoms with Crippen molar-refractivity contribution in [1.29, 1.82) is 0 Å². The van der Waals surface area contributed by atoms with Gasteiger partial charge in [0.2, 0.25) is 0 Å². The van der Waals surface area contributed by atoms with Gasteiger partial charge in [-0.3, -0.25) is 14.2 Å². The number of aromatic nitrogens is 2. The normalized spacial score (nSPS) is 12.1. The number of nitrogens with zero attached hydrogens (tertiary/aromatic N) is 3. The maximum Gasteiger partial charge on any atom is 0.493 e. The number of hydrogen-bond acceptors (Lipinski definition) is 7. The lowest BCUT2D eigenvalue weighted by atomic mass is 10.0. The molecule has 9 nitrogen and oxygen atoms in total. The molecule has 0 aliphatic carbocycles. The first-order valence-corrected chi connectivity index (χ1v) is 10.7. The molecule has 190 valence electrons. The largest absolute Gasteiger partial charge is 0.493 e. The average Bonchev–Trinajstić information content (AvgIpc) is 2.86. The summed E-state index contributed by atoms with van der Waals surface area (Å²) in [6.07, 6.45) is -1.86. The first-order chi connectivity index (χ1) is 17.1. The van der Waals surface area contributed by atoms with Crippen molar-refractivity contribution in [2.24, 2.45) is 0 Å². The van der Waals surface area contributed by atoms with Crippen molar-refractivity contribution < 1.29 is 32.4 Å². The lowest BCUT2D eigenvalue weighted by Crippen LogP contribution is -2.38. The number of carbonyl (C=O) groups is 2. The van der Waals surface area contributed by atoms with E-state index in [-0.39, 0.29) is 28.3 Å². The number of hydrogen-bond donors (Lipinski definition) is 1. The van der Waals surface area contributed by atoms with E-state index in [9.17, 15) is 27.6 Å². The van der Waals surface area contributed by atoms with Gasteiger partial charge in [-0.25, -0.2) is 14.6 Å². The van der Waals surface area contributed by atoms with Crippen molar-refractivity contribution in [3.05, 3.63) is 88.0 Å². The first-order valence-electron chi connectivity index (χ1n) is 10.7. The Bertz CT molecular complexity index is 1290. The summed E-state index contributed by atoms with van der Waals surface area (Å²) in [7, 11) is 0.860. The van der Waals surface area contributed by atoms with E-state index in [0.717, 1.165) is 12.7 Å². The van der Waals surface area contributed by atoms with Gasteiger partial charge in [-0.1, -0.05) is 43.3 Å². The Labute approximate surface area is 204 Å². The van der Waals surface area contributed by atoms with E-state index < -0.39 is 23.6 Å². The molecule has 0 unspecified atom stereocenters. The van der Waals surface area contributed by atoms with Crippen LogP contribution in [-0.2, 0) is 14.5 Å². The number of hydroxylamine groups is 2. The van der Waals surface area contributed by atoms with E-state index in [0.29, 0.717) is 12.0 Å². The summed E-state index contributed by atoms with van der Waals surface area (Å²) in [6, 6.07) is 13.4. The molecule has 0 bridgehead atoms. The topological polar surface area (TPSA) is 103 Å². The molecule has 1 atom stereocenters. The van der Waals surface area contributed by atoms with E-state index in [2.05, 4.69) is 20.0 Å². The Balaban J connectivity index is 1.94. The van der Waals surface area contributed by atoms with Gasteiger partial charge in [-0.05, 0) is 41.8 Å². The zero-order valence-corrected chi connectivity index (χ0v) is 19.6. The van der Waals surface area contributed by atoms with E-state index in [1.54, 1.807) is 6.92 Å². The fourth-order valence-corrected chi connectivity index (χ4v) is 3.37. The quantitative estimate of drug-likeness (QED) is 0.483. The second kappa shape index (κ2) is 11.0. The standard InChI is InChI=1S/C24H23F3N4O5/c1-4-18(16-8-6-5-7-9-16)29-20-22(33)30(13-12-28-20)19-14-17(11-10-15(19)2)21(32)31(35-3)36-23(34)24(25,26)27/h5-14,18H,4H2,1-3H3,(H,28,29)/t18-/m1/s1. The Hall–Kier alpha value is -4.19. The van der Waals surface area contributed by atoms with Crippen LogP contribution in [0.3, 0.4) is 0 Å². The molecule has 2 aromatic carbocycles. The van der Waals surface area contributed by atoms with E-state index in [1.165, 1.54) is 35.2 Å². The zero-order valence-electron chi connectivity index (χ0n) is 19.6. The fourth-order valence-electron chi connectivity index (χ4n) is 3.37. The summed E-state index contributed by atoms with van der Waals surface area (Å²) in [6.45, 7) is 3.64. The smallest absolute Gasteiger partial charge is 0.359 e. The van der Waals surface area contributed by atoms with Crippen LogP contribution < -0.4 is 10.9 Å².